The van der Waals surface area contributed by atoms with E-state index < -0.39 is 12.0 Å². The summed E-state index contributed by atoms with van der Waals surface area (Å²) in [6.45, 7) is 4.17. The van der Waals surface area contributed by atoms with Gasteiger partial charge in [-0.15, -0.1) is 0 Å². The Hall–Kier alpha value is -3.56. The number of aliphatic hydroxyl groups is 1. The average molecular weight is 444 g/mol. The van der Waals surface area contributed by atoms with Crippen LogP contribution >= 0.6 is 0 Å². The summed E-state index contributed by atoms with van der Waals surface area (Å²) in [7, 11) is 0. The molecule has 1 fully saturated rings. The zero-order valence-electron chi connectivity index (χ0n) is 18.9. The van der Waals surface area contributed by atoms with Crippen LogP contribution in [0.2, 0.25) is 0 Å². The second-order valence-corrected chi connectivity index (χ2v) is 8.44. The highest BCUT2D eigenvalue weighted by atomic mass is 16.3. The number of anilines is 1. The van der Waals surface area contributed by atoms with Crippen molar-refractivity contribution in [1.29, 1.82) is 5.26 Å². The minimum Gasteiger partial charge on any atom is -0.457 e. The number of rotatable bonds is 7. The van der Waals surface area contributed by atoms with Crippen molar-refractivity contribution >= 4 is 28.4 Å². The summed E-state index contributed by atoms with van der Waals surface area (Å²) >= 11 is 0. The van der Waals surface area contributed by atoms with Gasteiger partial charge in [-0.3, -0.25) is 4.79 Å². The molecule has 0 aliphatic carbocycles. The van der Waals surface area contributed by atoms with Crippen LogP contribution in [0.3, 0.4) is 0 Å². The molecule has 0 radical (unpaired) electrons. The lowest BCUT2D eigenvalue weighted by atomic mass is 10.0. The van der Waals surface area contributed by atoms with Crippen LogP contribution in [0.1, 0.15) is 38.4 Å². The molecule has 1 aliphatic heterocycles. The molecule has 2 heterocycles. The number of nitriles is 1. The summed E-state index contributed by atoms with van der Waals surface area (Å²) in [6, 6.07) is 18.3. The van der Waals surface area contributed by atoms with Gasteiger partial charge in [-0.05, 0) is 66.8 Å². The predicted molar refractivity (Wildman–Crippen MR) is 131 cm³/mol. The van der Waals surface area contributed by atoms with Crippen molar-refractivity contribution in [1.82, 2.24) is 5.32 Å². The fraction of sp³-hybridized carbons (Fsp3) is 0.333. The molecule has 2 aromatic carbocycles. The molecule has 0 saturated carbocycles. The van der Waals surface area contributed by atoms with Gasteiger partial charge in [0.05, 0.1) is 6.10 Å². The normalized spacial score (nSPS) is 15.3. The number of carbonyl (C=O) groups is 1. The molecule has 33 heavy (non-hydrogen) atoms. The lowest BCUT2D eigenvalue weighted by Crippen LogP contribution is -2.32. The van der Waals surface area contributed by atoms with Crippen LogP contribution in [0.4, 0.5) is 5.69 Å². The molecular weight excluding hydrogens is 414 g/mol. The average Bonchev–Trinajstić information content (AvgIpc) is 3.34. The van der Waals surface area contributed by atoms with E-state index in [1.165, 1.54) is 36.4 Å². The number of hydrogen-bond donors (Lipinski definition) is 2. The van der Waals surface area contributed by atoms with E-state index in [-0.39, 0.29) is 12.1 Å². The fourth-order valence-corrected chi connectivity index (χ4v) is 4.06. The largest absolute Gasteiger partial charge is 0.457 e. The van der Waals surface area contributed by atoms with Crippen molar-refractivity contribution in [3.8, 4) is 17.4 Å². The van der Waals surface area contributed by atoms with Gasteiger partial charge >= 0.3 is 0 Å². The SMILES string of the molecule is CCC(O)CNC(=O)/C(C#N)=C/c1ccc(-c2ccc3cc(N4CCCCC4)ccc3c2)o1. The highest BCUT2D eigenvalue weighted by molar-refractivity contribution is 6.01. The van der Waals surface area contributed by atoms with Gasteiger partial charge < -0.3 is 19.7 Å². The molecule has 6 heteroatoms. The number of piperidine rings is 1. The Labute approximate surface area is 194 Å². The van der Waals surface area contributed by atoms with Crippen molar-refractivity contribution < 1.29 is 14.3 Å². The monoisotopic (exact) mass is 443 g/mol. The van der Waals surface area contributed by atoms with Crippen LogP contribution in [-0.4, -0.2) is 36.8 Å². The van der Waals surface area contributed by atoms with E-state index in [0.717, 1.165) is 24.0 Å². The molecular formula is C27H29N3O3. The molecule has 1 atom stereocenters. The van der Waals surface area contributed by atoms with Gasteiger partial charge in [0.2, 0.25) is 0 Å². The molecule has 3 aromatic rings. The first-order valence-corrected chi connectivity index (χ1v) is 11.5. The van der Waals surface area contributed by atoms with Crippen LogP contribution < -0.4 is 10.2 Å². The van der Waals surface area contributed by atoms with Crippen LogP contribution in [0.25, 0.3) is 28.2 Å². The Balaban J connectivity index is 1.51. The van der Waals surface area contributed by atoms with Crippen LogP contribution in [0.5, 0.6) is 0 Å². The second kappa shape index (κ2) is 10.4. The van der Waals surface area contributed by atoms with Gasteiger partial charge in [0.15, 0.2) is 0 Å². The Kier molecular flexibility index (Phi) is 7.11. The van der Waals surface area contributed by atoms with E-state index in [0.29, 0.717) is 17.9 Å². The zero-order valence-corrected chi connectivity index (χ0v) is 18.9. The highest BCUT2D eigenvalue weighted by Gasteiger charge is 2.14. The van der Waals surface area contributed by atoms with Crippen molar-refractivity contribution in [2.24, 2.45) is 0 Å². The molecule has 6 nitrogen and oxygen atoms in total. The standard InChI is InChI=1S/C27H29N3O3/c1-2-24(31)18-29-27(32)22(17-28)16-25-10-11-26(33-25)21-7-6-20-15-23(9-8-19(20)14-21)30-12-4-3-5-13-30/h6-11,14-16,24,31H,2-5,12-13,18H2,1H3,(H,29,32)/b22-16+. The lowest BCUT2D eigenvalue weighted by Gasteiger charge is -2.29. The topological polar surface area (TPSA) is 89.5 Å². The maximum atomic E-state index is 12.2. The number of aliphatic hydroxyl groups excluding tert-OH is 1. The van der Waals surface area contributed by atoms with E-state index in [9.17, 15) is 15.2 Å². The van der Waals surface area contributed by atoms with Crippen molar-refractivity contribution in [2.75, 3.05) is 24.5 Å². The zero-order chi connectivity index (χ0) is 23.2. The molecule has 0 spiro atoms. The van der Waals surface area contributed by atoms with Gasteiger partial charge in [-0.25, -0.2) is 0 Å². The van der Waals surface area contributed by atoms with Gasteiger partial charge in [0.25, 0.3) is 5.91 Å². The molecule has 2 N–H and O–H groups in total. The molecule has 1 unspecified atom stereocenters. The minimum absolute atomic E-state index is 0.0667. The molecule has 170 valence electrons. The number of furan rings is 1. The third-order valence-electron chi connectivity index (χ3n) is 6.08. The van der Waals surface area contributed by atoms with Gasteiger partial charge in [-0.2, -0.15) is 5.26 Å². The van der Waals surface area contributed by atoms with E-state index >= 15 is 0 Å². The number of carbonyl (C=O) groups excluding carboxylic acids is 1. The Bertz CT molecular complexity index is 1200. The maximum Gasteiger partial charge on any atom is 0.262 e. The number of benzene rings is 2. The molecule has 1 aromatic heterocycles. The van der Waals surface area contributed by atoms with Gasteiger partial charge in [0, 0.05) is 37.0 Å². The third kappa shape index (κ3) is 5.44. The minimum atomic E-state index is -0.632. The number of nitrogens with zero attached hydrogens (tertiary/aromatic N) is 2. The summed E-state index contributed by atoms with van der Waals surface area (Å²) in [5.41, 5.74) is 2.14. The smallest absolute Gasteiger partial charge is 0.262 e. The predicted octanol–water partition coefficient (Wildman–Crippen LogP) is 4.88. The Morgan fingerprint density at radius 3 is 2.67 bits per heavy atom. The summed E-state index contributed by atoms with van der Waals surface area (Å²) in [5, 5.41) is 23.8. The molecule has 1 saturated heterocycles. The Morgan fingerprint density at radius 1 is 1.15 bits per heavy atom. The molecule has 4 rings (SSSR count). The lowest BCUT2D eigenvalue weighted by molar-refractivity contribution is -0.117. The van der Waals surface area contributed by atoms with Crippen LogP contribution in [0, 0.1) is 11.3 Å². The number of nitrogens with one attached hydrogen (secondary N) is 1. The van der Waals surface area contributed by atoms with E-state index in [2.05, 4.69) is 40.5 Å². The molecule has 1 amide bonds. The van der Waals surface area contributed by atoms with Crippen LogP contribution in [0.15, 0.2) is 58.5 Å². The van der Waals surface area contributed by atoms with Gasteiger partial charge in [0.1, 0.15) is 23.2 Å². The summed E-state index contributed by atoms with van der Waals surface area (Å²) in [5.74, 6) is 0.564. The quantitative estimate of drug-likeness (QED) is 0.401. The number of amides is 1. The third-order valence-corrected chi connectivity index (χ3v) is 6.08. The summed E-state index contributed by atoms with van der Waals surface area (Å²) < 4.78 is 5.90. The van der Waals surface area contributed by atoms with Crippen LogP contribution in [-0.2, 0) is 4.79 Å². The van der Waals surface area contributed by atoms with Crippen molar-refractivity contribution in [3.05, 3.63) is 59.9 Å². The number of fused-ring (bicyclic) bond motifs is 1. The first kappa shape index (κ1) is 22.6. The first-order chi connectivity index (χ1) is 16.1. The summed E-state index contributed by atoms with van der Waals surface area (Å²) in [6.07, 6.45) is 5.13. The first-order valence-electron chi connectivity index (χ1n) is 11.5. The summed E-state index contributed by atoms with van der Waals surface area (Å²) in [4.78, 5) is 14.7. The fourth-order valence-electron chi connectivity index (χ4n) is 4.06. The molecule has 0 bridgehead atoms. The maximum absolute atomic E-state index is 12.2. The van der Waals surface area contributed by atoms with E-state index in [1.54, 1.807) is 6.07 Å². The highest BCUT2D eigenvalue weighted by Crippen LogP contribution is 2.30. The van der Waals surface area contributed by atoms with Crippen molar-refractivity contribution in [3.63, 3.8) is 0 Å². The number of hydrogen-bond acceptors (Lipinski definition) is 5. The van der Waals surface area contributed by atoms with Gasteiger partial charge in [-0.1, -0.05) is 25.1 Å². The van der Waals surface area contributed by atoms with Crippen molar-refractivity contribution in [2.45, 2.75) is 38.7 Å². The molecule has 1 aliphatic rings. The van der Waals surface area contributed by atoms with E-state index in [4.69, 9.17) is 4.42 Å². The Morgan fingerprint density at radius 2 is 1.91 bits per heavy atom. The second-order valence-electron chi connectivity index (χ2n) is 8.44. The van der Waals surface area contributed by atoms with E-state index in [1.807, 2.05) is 25.1 Å².